The van der Waals surface area contributed by atoms with Crippen molar-refractivity contribution in [2.45, 2.75) is 18.9 Å². The lowest BCUT2D eigenvalue weighted by atomic mass is 9.91. The molecule has 2 heterocycles. The van der Waals surface area contributed by atoms with Crippen molar-refractivity contribution in [3.8, 4) is 23.0 Å². The molecule has 10 nitrogen and oxygen atoms in total. The average molecular weight is 455 g/mol. The number of nitrogens with one attached hydrogen (secondary N) is 2. The van der Waals surface area contributed by atoms with E-state index in [1.54, 1.807) is 43.3 Å². The minimum absolute atomic E-state index is 0.420. The van der Waals surface area contributed by atoms with Gasteiger partial charge in [-0.3, -0.25) is 14.5 Å². The first-order valence-electron chi connectivity index (χ1n) is 10.4. The molecule has 1 atom stereocenters. The van der Waals surface area contributed by atoms with Gasteiger partial charge in [0.2, 0.25) is 5.91 Å². The first-order valence-corrected chi connectivity index (χ1v) is 10.4. The fourth-order valence-electron chi connectivity index (χ4n) is 3.77. The van der Waals surface area contributed by atoms with Gasteiger partial charge in [-0.05, 0) is 36.8 Å². The molecule has 2 aliphatic rings. The Balaban J connectivity index is 1.48. The summed E-state index contributed by atoms with van der Waals surface area (Å²) in [6.45, 7) is 2.21. The predicted octanol–water partition coefficient (Wildman–Crippen LogP) is 2.27. The first kappa shape index (κ1) is 22.3. The average Bonchev–Trinajstić information content (AvgIpc) is 2.96. The smallest absolute Gasteiger partial charge is 0.325 e. The van der Waals surface area contributed by atoms with Crippen LogP contribution >= 0.6 is 0 Å². The van der Waals surface area contributed by atoms with E-state index < -0.39 is 29.9 Å². The van der Waals surface area contributed by atoms with Gasteiger partial charge in [-0.2, -0.15) is 0 Å². The summed E-state index contributed by atoms with van der Waals surface area (Å²) in [5.74, 6) is 0.974. The number of methoxy groups -OCH3 is 2. The van der Waals surface area contributed by atoms with Crippen LogP contribution in [0.4, 0.5) is 10.5 Å². The largest absolute Gasteiger partial charge is 0.493 e. The van der Waals surface area contributed by atoms with Gasteiger partial charge < -0.3 is 29.6 Å². The second kappa shape index (κ2) is 8.89. The van der Waals surface area contributed by atoms with Gasteiger partial charge in [-0.15, -0.1) is 0 Å². The molecular weight excluding hydrogens is 430 g/mol. The van der Waals surface area contributed by atoms with Crippen LogP contribution in [0.5, 0.6) is 23.0 Å². The molecule has 4 amide bonds. The molecule has 0 saturated carbocycles. The summed E-state index contributed by atoms with van der Waals surface area (Å²) in [6, 6.07) is 9.31. The van der Waals surface area contributed by atoms with Gasteiger partial charge >= 0.3 is 6.03 Å². The van der Waals surface area contributed by atoms with Crippen molar-refractivity contribution in [3.63, 3.8) is 0 Å². The summed E-state index contributed by atoms with van der Waals surface area (Å²) in [5, 5.41) is 5.37. The summed E-state index contributed by atoms with van der Waals surface area (Å²) in [7, 11) is 2.99. The minimum atomic E-state index is -1.35. The third kappa shape index (κ3) is 4.23. The Hall–Kier alpha value is -3.95. The van der Waals surface area contributed by atoms with Crippen molar-refractivity contribution in [1.29, 1.82) is 0 Å². The van der Waals surface area contributed by atoms with Crippen LogP contribution < -0.4 is 29.6 Å². The number of imide groups is 1. The second-order valence-corrected chi connectivity index (χ2v) is 7.78. The Bertz CT molecular complexity index is 1100. The van der Waals surface area contributed by atoms with E-state index in [9.17, 15) is 14.4 Å². The fraction of sp³-hybridized carbons (Fsp3) is 0.348. The molecule has 0 spiro atoms. The molecule has 33 heavy (non-hydrogen) atoms. The number of anilines is 1. The van der Waals surface area contributed by atoms with Crippen LogP contribution in [0.25, 0.3) is 0 Å². The zero-order valence-electron chi connectivity index (χ0n) is 18.6. The summed E-state index contributed by atoms with van der Waals surface area (Å²) < 4.78 is 21.7. The molecule has 0 unspecified atom stereocenters. The van der Waals surface area contributed by atoms with Crippen molar-refractivity contribution < 1.29 is 33.3 Å². The number of rotatable bonds is 6. The van der Waals surface area contributed by atoms with Crippen molar-refractivity contribution in [2.24, 2.45) is 0 Å². The predicted molar refractivity (Wildman–Crippen MR) is 118 cm³/mol. The van der Waals surface area contributed by atoms with E-state index in [1.807, 2.05) is 0 Å². The highest BCUT2D eigenvalue weighted by atomic mass is 16.5. The summed E-state index contributed by atoms with van der Waals surface area (Å²) in [4.78, 5) is 39.3. The maximum atomic E-state index is 13.2. The zero-order valence-corrected chi connectivity index (χ0v) is 18.6. The van der Waals surface area contributed by atoms with E-state index in [-0.39, 0.29) is 0 Å². The molecule has 2 N–H and O–H groups in total. The second-order valence-electron chi connectivity index (χ2n) is 7.78. The zero-order chi connectivity index (χ0) is 23.6. The molecule has 0 radical (unpaired) electrons. The fourth-order valence-corrected chi connectivity index (χ4v) is 3.77. The molecule has 2 aliphatic heterocycles. The van der Waals surface area contributed by atoms with Gasteiger partial charge in [-0.1, -0.05) is 6.07 Å². The quantitative estimate of drug-likeness (QED) is 0.642. The molecule has 10 heteroatoms. The van der Waals surface area contributed by atoms with Crippen LogP contribution in [-0.4, -0.2) is 56.7 Å². The normalized spacial score (nSPS) is 19.5. The lowest BCUT2D eigenvalue weighted by molar-refractivity contribution is -0.133. The van der Waals surface area contributed by atoms with Crippen LogP contribution in [-0.2, 0) is 15.1 Å². The van der Waals surface area contributed by atoms with Crippen LogP contribution in [0.1, 0.15) is 18.9 Å². The molecule has 0 bridgehead atoms. The highest BCUT2D eigenvalue weighted by molar-refractivity contribution is 6.10. The molecule has 174 valence electrons. The third-order valence-corrected chi connectivity index (χ3v) is 5.57. The first-order chi connectivity index (χ1) is 15.9. The van der Waals surface area contributed by atoms with Gasteiger partial charge in [-0.25, -0.2) is 4.79 Å². The van der Waals surface area contributed by atoms with Crippen LogP contribution in [0, 0.1) is 0 Å². The molecule has 0 aromatic heterocycles. The number of hydrogen-bond acceptors (Lipinski definition) is 7. The van der Waals surface area contributed by atoms with Gasteiger partial charge in [0, 0.05) is 18.2 Å². The number of benzene rings is 2. The highest BCUT2D eigenvalue weighted by Gasteiger charge is 2.49. The maximum absolute atomic E-state index is 13.2. The van der Waals surface area contributed by atoms with Crippen LogP contribution in [0.3, 0.4) is 0 Å². The number of fused-ring (bicyclic) bond motifs is 1. The van der Waals surface area contributed by atoms with Crippen molar-refractivity contribution in [1.82, 2.24) is 10.2 Å². The Morgan fingerprint density at radius 3 is 2.52 bits per heavy atom. The van der Waals surface area contributed by atoms with E-state index in [1.165, 1.54) is 14.2 Å². The topological polar surface area (TPSA) is 115 Å². The molecule has 0 aliphatic carbocycles. The molecule has 2 aromatic carbocycles. The summed E-state index contributed by atoms with van der Waals surface area (Å²) in [5.41, 5.74) is -0.380. The lowest BCUT2D eigenvalue weighted by Crippen LogP contribution is -2.42. The number of urea groups is 1. The van der Waals surface area contributed by atoms with Gasteiger partial charge in [0.05, 0.1) is 27.4 Å². The molecule has 2 aromatic rings. The van der Waals surface area contributed by atoms with Crippen LogP contribution in [0.2, 0.25) is 0 Å². The lowest BCUT2D eigenvalue weighted by Gasteiger charge is -2.23. The van der Waals surface area contributed by atoms with Gasteiger partial charge in [0.15, 0.2) is 23.0 Å². The monoisotopic (exact) mass is 455 g/mol. The Kier molecular flexibility index (Phi) is 5.99. The minimum Gasteiger partial charge on any atom is -0.493 e. The number of ether oxygens (including phenoxy) is 4. The van der Waals surface area contributed by atoms with Crippen LogP contribution in [0.15, 0.2) is 36.4 Å². The molecular formula is C23H25N3O7. The van der Waals surface area contributed by atoms with E-state index >= 15 is 0 Å². The van der Waals surface area contributed by atoms with Crippen molar-refractivity contribution >= 4 is 23.5 Å². The SMILES string of the molecule is COc1ccc([C@]2(C)NC(=O)N(CC(=O)Nc3ccc4c(c3)OCCCO4)C2=O)cc1OC. The van der Waals surface area contributed by atoms with E-state index in [0.29, 0.717) is 47.5 Å². The number of hydrogen-bond donors (Lipinski definition) is 2. The number of carbonyl (C=O) groups excluding carboxylic acids is 3. The third-order valence-electron chi connectivity index (χ3n) is 5.57. The van der Waals surface area contributed by atoms with Crippen molar-refractivity contribution in [3.05, 3.63) is 42.0 Å². The molecule has 1 saturated heterocycles. The van der Waals surface area contributed by atoms with E-state index in [4.69, 9.17) is 18.9 Å². The van der Waals surface area contributed by atoms with Gasteiger partial charge in [0.25, 0.3) is 5.91 Å². The molecule has 4 rings (SSSR count). The number of amides is 4. The van der Waals surface area contributed by atoms with Crippen molar-refractivity contribution in [2.75, 3.05) is 39.3 Å². The summed E-state index contributed by atoms with van der Waals surface area (Å²) >= 11 is 0. The number of carbonyl (C=O) groups is 3. The molecule has 1 fully saturated rings. The highest BCUT2D eigenvalue weighted by Crippen LogP contribution is 2.36. The Labute approximate surface area is 190 Å². The summed E-state index contributed by atoms with van der Waals surface area (Å²) in [6.07, 6.45) is 0.765. The van der Waals surface area contributed by atoms with E-state index in [2.05, 4.69) is 10.6 Å². The Morgan fingerprint density at radius 2 is 1.79 bits per heavy atom. The van der Waals surface area contributed by atoms with E-state index in [0.717, 1.165) is 11.3 Å². The standard InChI is InChI=1S/C23H25N3O7/c1-23(14-5-7-16(30-2)18(11-14)31-3)21(28)26(22(29)25-23)13-20(27)24-15-6-8-17-19(12-15)33-10-4-9-32-17/h5-8,11-12H,4,9-10,13H2,1-3H3,(H,24,27)(H,25,29)/t23-/m0/s1. The van der Waals surface area contributed by atoms with Gasteiger partial charge in [0.1, 0.15) is 12.1 Å². The maximum Gasteiger partial charge on any atom is 0.325 e. The Morgan fingerprint density at radius 1 is 1.06 bits per heavy atom. The number of nitrogens with zero attached hydrogens (tertiary/aromatic N) is 1.